The molecule has 0 saturated heterocycles. The largest absolute Gasteiger partial charge is 0.208 e. The van der Waals surface area contributed by atoms with E-state index in [2.05, 4.69) is 273 Å². The average molecular weight is 1020 g/mol. The van der Waals surface area contributed by atoms with Gasteiger partial charge < -0.3 is 0 Å². The van der Waals surface area contributed by atoms with Gasteiger partial charge in [-0.05, 0) is 33.9 Å². The second kappa shape index (κ2) is 20.1. The maximum Gasteiger partial charge on any atom is 0.164 e. The molecule has 0 unspecified atom stereocenters. The number of nitrogens with zero attached hydrogens (tertiary/aromatic N) is 3. The number of benzene rings is 11. The molecule has 0 spiro atoms. The molecule has 11 aromatic carbocycles. The maximum absolute atomic E-state index is 5.26. The van der Waals surface area contributed by atoms with Crippen LogP contribution >= 0.6 is 0 Å². The first-order valence-electron chi connectivity index (χ1n) is 26.2. The minimum Gasteiger partial charge on any atom is -0.208 e. The van der Waals surface area contributed by atoms with Gasteiger partial charge in [0.25, 0.3) is 0 Å². The fourth-order valence-electron chi connectivity index (χ4n) is 13.0. The van der Waals surface area contributed by atoms with Gasteiger partial charge in [-0.1, -0.05) is 346 Å². The molecule has 76 heavy (non-hydrogen) atoms. The molecule has 0 aliphatic heterocycles. The van der Waals surface area contributed by atoms with Crippen LogP contribution in [0.1, 0.15) is 11.1 Å². The monoisotopic (exact) mass is 1020 g/mol. The predicted octanol–water partition coefficient (Wildman–Crippen LogP) is 10.5. The van der Waals surface area contributed by atoms with Gasteiger partial charge in [0.1, 0.15) is 22.3 Å². The van der Waals surface area contributed by atoms with Crippen LogP contribution in [0.15, 0.2) is 309 Å². The van der Waals surface area contributed by atoms with E-state index in [1.54, 1.807) is 0 Å². The van der Waals surface area contributed by atoms with Crippen molar-refractivity contribution in [1.29, 1.82) is 0 Å². The zero-order valence-corrected chi connectivity index (χ0v) is 45.0. The molecule has 0 saturated carbocycles. The third-order valence-corrected chi connectivity index (χ3v) is 49.9. The van der Waals surface area contributed by atoms with Crippen molar-refractivity contribution >= 4 is 63.8 Å². The highest BCUT2D eigenvalue weighted by atomic mass is 29.6. The standard InChI is InChI=1S/C70H53N3Si3/c1-9-28-53(29-10-1)68-71-69(54-30-11-2-12-31-54)73-70(72-68)55-48-50-61(51-49-55)74(57-33-13-3-14-34-57,58-35-15-4-16-36-58)76(62-41-21-7-22-42-62,63-43-23-8-24-44-63)75(59-37-17-5-18-38-59,60-39-19-6-20-40-60)67-47-27-46-65-64-45-26-25-32-56(64)52-66(65)67/h1-51H,52H2. The Morgan fingerprint density at radius 1 is 0.237 bits per heavy atom. The third kappa shape index (κ3) is 7.55. The molecule has 0 radical (unpaired) electrons. The number of hydrogen-bond acceptors (Lipinski definition) is 3. The lowest BCUT2D eigenvalue weighted by Crippen LogP contribution is -3.04. The predicted molar refractivity (Wildman–Crippen MR) is 324 cm³/mol. The summed E-state index contributed by atoms with van der Waals surface area (Å²) in [6.07, 6.45) is 0.867. The number of rotatable bonds is 13. The smallest absolute Gasteiger partial charge is 0.164 e. The van der Waals surface area contributed by atoms with Gasteiger partial charge in [-0.2, -0.15) is 0 Å². The molecule has 1 aliphatic rings. The summed E-state index contributed by atoms with van der Waals surface area (Å²) < 4.78 is 0. The summed E-state index contributed by atoms with van der Waals surface area (Å²) in [4.78, 5) is 15.6. The molecule has 1 aliphatic carbocycles. The SMILES string of the molecule is c1ccc(-c2nc(-c3ccccc3)nc(-c3ccc([Si](c4ccccc4)(c4ccccc4)[Si](c4ccccc4)(c4ccccc4)[Si](c4ccccc4)(c4ccccc4)c4cccc5c4Cc4ccccc4-5)cc3)n2)cc1. The van der Waals surface area contributed by atoms with Gasteiger partial charge in [-0.25, -0.2) is 15.0 Å². The first-order valence-corrected chi connectivity index (χ1v) is 34.2. The lowest BCUT2D eigenvalue weighted by Gasteiger charge is -2.59. The Hall–Kier alpha value is -8.92. The Balaban J connectivity index is 1.22. The average Bonchev–Trinajstić information content (AvgIpc) is 3.92. The van der Waals surface area contributed by atoms with Gasteiger partial charge >= 0.3 is 0 Å². The van der Waals surface area contributed by atoms with Gasteiger partial charge in [-0.3, -0.25) is 0 Å². The van der Waals surface area contributed by atoms with Crippen LogP contribution in [0, 0.1) is 0 Å². The molecule has 0 fully saturated rings. The number of aromatic nitrogens is 3. The number of fused-ring (bicyclic) bond motifs is 3. The summed E-state index contributed by atoms with van der Waals surface area (Å²) in [5.41, 5.74) is 8.34. The normalized spacial score (nSPS) is 12.2. The minimum atomic E-state index is -3.66. The lowest BCUT2D eigenvalue weighted by molar-refractivity contribution is 1.07. The fraction of sp³-hybridized carbons (Fsp3) is 0.0143. The van der Waals surface area contributed by atoms with Crippen LogP contribution in [0.4, 0.5) is 0 Å². The van der Waals surface area contributed by atoms with Crippen molar-refractivity contribution in [2.24, 2.45) is 0 Å². The van der Waals surface area contributed by atoms with Gasteiger partial charge in [0, 0.05) is 16.7 Å². The molecule has 0 atom stereocenters. The molecule has 0 amide bonds. The van der Waals surface area contributed by atoms with Crippen molar-refractivity contribution in [2.45, 2.75) is 6.42 Å². The first kappa shape index (κ1) is 46.8. The Kier molecular flexibility index (Phi) is 12.4. The molecule has 13 rings (SSSR count). The quantitative estimate of drug-likeness (QED) is 0.0853. The molecular weight excluding hydrogens is 967 g/mol. The van der Waals surface area contributed by atoms with Crippen molar-refractivity contribution in [1.82, 2.24) is 15.0 Å². The van der Waals surface area contributed by atoms with Crippen molar-refractivity contribution in [3.8, 4) is 45.3 Å². The van der Waals surface area contributed by atoms with Crippen molar-refractivity contribution < 1.29 is 0 Å². The van der Waals surface area contributed by atoms with E-state index >= 15 is 0 Å². The maximum atomic E-state index is 5.26. The summed E-state index contributed by atoms with van der Waals surface area (Å²) in [7, 11) is -10.8. The Bertz CT molecular complexity index is 3750. The van der Waals surface area contributed by atoms with Crippen LogP contribution in [0.3, 0.4) is 0 Å². The summed E-state index contributed by atoms with van der Waals surface area (Å²) in [5, 5.41) is 11.3. The van der Waals surface area contributed by atoms with E-state index in [0.29, 0.717) is 17.5 Å². The van der Waals surface area contributed by atoms with Crippen LogP contribution in [0.25, 0.3) is 45.3 Å². The van der Waals surface area contributed by atoms with E-state index in [4.69, 9.17) is 15.0 Å². The lowest BCUT2D eigenvalue weighted by atomic mass is 10.1. The van der Waals surface area contributed by atoms with Crippen LogP contribution < -0.4 is 41.5 Å². The first-order chi connectivity index (χ1) is 37.7. The molecule has 1 aromatic heterocycles. The zero-order chi connectivity index (χ0) is 50.8. The van der Waals surface area contributed by atoms with E-state index in [9.17, 15) is 0 Å². The van der Waals surface area contributed by atoms with Crippen molar-refractivity contribution in [2.75, 3.05) is 0 Å². The van der Waals surface area contributed by atoms with E-state index in [0.717, 1.165) is 23.1 Å². The summed E-state index contributed by atoms with van der Waals surface area (Å²) in [5.74, 6) is 1.92. The Morgan fingerprint density at radius 2 is 0.553 bits per heavy atom. The van der Waals surface area contributed by atoms with Crippen LogP contribution in [-0.4, -0.2) is 37.2 Å². The third-order valence-electron chi connectivity index (χ3n) is 15.9. The van der Waals surface area contributed by atoms with E-state index in [1.165, 1.54) is 63.7 Å². The van der Waals surface area contributed by atoms with Crippen LogP contribution in [0.2, 0.25) is 0 Å². The Morgan fingerprint density at radius 3 is 0.974 bits per heavy atom. The van der Waals surface area contributed by atoms with Crippen LogP contribution in [0.5, 0.6) is 0 Å². The van der Waals surface area contributed by atoms with E-state index in [-0.39, 0.29) is 0 Å². The second-order valence-corrected chi connectivity index (χ2v) is 39.3. The highest BCUT2D eigenvalue weighted by Crippen LogP contribution is 2.39. The highest BCUT2D eigenvalue weighted by Gasteiger charge is 2.73. The molecular formula is C70H53N3Si3. The van der Waals surface area contributed by atoms with Gasteiger partial charge in [0.15, 0.2) is 17.5 Å². The highest BCUT2D eigenvalue weighted by molar-refractivity contribution is 7.89. The van der Waals surface area contributed by atoms with Crippen LogP contribution in [-0.2, 0) is 6.42 Å². The molecule has 1 heterocycles. The molecule has 0 bridgehead atoms. The molecule has 12 aromatic rings. The fourth-order valence-corrected chi connectivity index (χ4v) is 58.6. The summed E-state index contributed by atoms with van der Waals surface area (Å²) >= 11 is 0. The molecule has 6 heteroatoms. The topological polar surface area (TPSA) is 38.7 Å². The zero-order valence-electron chi connectivity index (χ0n) is 42.0. The second-order valence-electron chi connectivity index (χ2n) is 19.7. The van der Waals surface area contributed by atoms with Gasteiger partial charge in [0.05, 0.1) is 0 Å². The van der Waals surface area contributed by atoms with Crippen molar-refractivity contribution in [3.05, 3.63) is 321 Å². The molecule has 0 N–H and O–H groups in total. The van der Waals surface area contributed by atoms with Gasteiger partial charge in [-0.15, -0.1) is 0 Å². The van der Waals surface area contributed by atoms with E-state index < -0.39 is 22.3 Å². The minimum absolute atomic E-state index is 0.636. The summed E-state index contributed by atoms with van der Waals surface area (Å²) in [6, 6.07) is 117. The summed E-state index contributed by atoms with van der Waals surface area (Å²) in [6.45, 7) is 0. The number of hydrogen-bond donors (Lipinski definition) is 0. The van der Waals surface area contributed by atoms with Gasteiger partial charge in [0.2, 0.25) is 0 Å². The van der Waals surface area contributed by atoms with E-state index in [1.807, 2.05) is 36.4 Å². The van der Waals surface area contributed by atoms with Crippen molar-refractivity contribution in [3.63, 3.8) is 0 Å². The Labute approximate surface area is 448 Å². The molecule has 360 valence electrons. The molecule has 3 nitrogen and oxygen atoms in total.